The SMILES string of the molecule is Cc1ccc(CC2SCCNc3n[nH]c(-c4ccccn4)c32)c(Cl)c1. The molecular formula is C19H19ClN4S. The first kappa shape index (κ1) is 16.5. The Morgan fingerprint density at radius 3 is 3.00 bits per heavy atom. The van der Waals surface area contributed by atoms with Gasteiger partial charge in [0.05, 0.1) is 11.4 Å². The summed E-state index contributed by atoms with van der Waals surface area (Å²) in [5.41, 5.74) is 5.46. The van der Waals surface area contributed by atoms with Gasteiger partial charge in [0, 0.05) is 34.3 Å². The Balaban J connectivity index is 1.74. The highest BCUT2D eigenvalue weighted by molar-refractivity contribution is 7.99. The van der Waals surface area contributed by atoms with Crippen molar-refractivity contribution in [1.82, 2.24) is 15.2 Å². The lowest BCUT2D eigenvalue weighted by Gasteiger charge is -2.17. The molecule has 0 saturated heterocycles. The van der Waals surface area contributed by atoms with Crippen molar-refractivity contribution in [2.24, 2.45) is 0 Å². The maximum Gasteiger partial charge on any atom is 0.152 e. The lowest BCUT2D eigenvalue weighted by molar-refractivity contribution is 0.939. The minimum atomic E-state index is 0.279. The van der Waals surface area contributed by atoms with Crippen LogP contribution < -0.4 is 5.32 Å². The number of nitrogens with zero attached hydrogens (tertiary/aromatic N) is 2. The van der Waals surface area contributed by atoms with Crippen LogP contribution in [0.1, 0.15) is 21.9 Å². The topological polar surface area (TPSA) is 53.6 Å². The zero-order chi connectivity index (χ0) is 17.2. The minimum Gasteiger partial charge on any atom is -0.367 e. The summed E-state index contributed by atoms with van der Waals surface area (Å²) in [6.07, 6.45) is 2.68. The first-order chi connectivity index (χ1) is 12.2. The van der Waals surface area contributed by atoms with Crippen LogP contribution in [0, 0.1) is 6.92 Å². The highest BCUT2D eigenvalue weighted by Crippen LogP contribution is 2.43. The molecule has 3 heterocycles. The van der Waals surface area contributed by atoms with Gasteiger partial charge in [-0.15, -0.1) is 0 Å². The molecule has 0 aliphatic carbocycles. The first-order valence-electron chi connectivity index (χ1n) is 8.32. The molecule has 3 aromatic rings. The van der Waals surface area contributed by atoms with Crippen LogP contribution in [0.4, 0.5) is 5.82 Å². The molecule has 1 aromatic carbocycles. The van der Waals surface area contributed by atoms with Crippen molar-refractivity contribution in [3.05, 3.63) is 64.3 Å². The number of rotatable bonds is 3. The van der Waals surface area contributed by atoms with Gasteiger partial charge in [0.1, 0.15) is 0 Å². The van der Waals surface area contributed by atoms with Crippen molar-refractivity contribution in [1.29, 1.82) is 0 Å². The third-order valence-corrected chi connectivity index (χ3v) is 5.97. The van der Waals surface area contributed by atoms with E-state index < -0.39 is 0 Å². The number of hydrogen-bond acceptors (Lipinski definition) is 4. The second-order valence-corrected chi connectivity index (χ2v) is 7.88. The molecule has 0 saturated carbocycles. The summed E-state index contributed by atoms with van der Waals surface area (Å²) < 4.78 is 0. The Morgan fingerprint density at radius 2 is 2.20 bits per heavy atom. The van der Waals surface area contributed by atoms with Crippen LogP contribution in [0.15, 0.2) is 42.6 Å². The van der Waals surface area contributed by atoms with Crippen LogP contribution in [0.3, 0.4) is 0 Å². The summed E-state index contributed by atoms with van der Waals surface area (Å²) in [7, 11) is 0. The number of halogens is 1. The Morgan fingerprint density at radius 1 is 1.28 bits per heavy atom. The van der Waals surface area contributed by atoms with E-state index in [0.717, 1.165) is 40.9 Å². The number of benzene rings is 1. The molecule has 4 nitrogen and oxygen atoms in total. The third kappa shape index (κ3) is 3.39. The second kappa shape index (κ2) is 7.10. The minimum absolute atomic E-state index is 0.279. The van der Waals surface area contributed by atoms with Gasteiger partial charge in [-0.2, -0.15) is 16.9 Å². The first-order valence-corrected chi connectivity index (χ1v) is 9.75. The smallest absolute Gasteiger partial charge is 0.152 e. The van der Waals surface area contributed by atoms with Crippen LogP contribution in [0.5, 0.6) is 0 Å². The number of aromatic amines is 1. The number of aryl methyl sites for hydroxylation is 1. The highest BCUT2D eigenvalue weighted by Gasteiger charge is 2.27. The van der Waals surface area contributed by atoms with Crippen LogP contribution in [-0.2, 0) is 6.42 Å². The molecule has 4 rings (SSSR count). The summed E-state index contributed by atoms with van der Waals surface area (Å²) in [6, 6.07) is 12.2. The fourth-order valence-electron chi connectivity index (χ4n) is 3.14. The maximum atomic E-state index is 6.49. The monoisotopic (exact) mass is 370 g/mol. The molecular weight excluding hydrogens is 352 g/mol. The van der Waals surface area contributed by atoms with Crippen molar-refractivity contribution in [2.75, 3.05) is 17.6 Å². The number of aromatic nitrogens is 3. The maximum absolute atomic E-state index is 6.49. The zero-order valence-electron chi connectivity index (χ0n) is 13.9. The average molecular weight is 371 g/mol. The molecule has 1 aliphatic rings. The van der Waals surface area contributed by atoms with E-state index >= 15 is 0 Å². The van der Waals surface area contributed by atoms with Gasteiger partial charge in [-0.1, -0.05) is 29.8 Å². The van der Waals surface area contributed by atoms with Gasteiger partial charge in [-0.05, 0) is 42.7 Å². The van der Waals surface area contributed by atoms with Crippen LogP contribution in [0.25, 0.3) is 11.4 Å². The Labute approximate surface area is 156 Å². The molecule has 6 heteroatoms. The Bertz CT molecular complexity index is 878. The van der Waals surface area contributed by atoms with E-state index in [-0.39, 0.29) is 5.25 Å². The Kier molecular flexibility index (Phi) is 4.68. The van der Waals surface area contributed by atoms with Crippen molar-refractivity contribution < 1.29 is 0 Å². The summed E-state index contributed by atoms with van der Waals surface area (Å²) in [4.78, 5) is 4.50. The van der Waals surface area contributed by atoms with E-state index in [1.54, 1.807) is 0 Å². The molecule has 0 bridgehead atoms. The van der Waals surface area contributed by atoms with Crippen molar-refractivity contribution in [3.8, 4) is 11.4 Å². The quantitative estimate of drug-likeness (QED) is 0.690. The van der Waals surface area contributed by atoms with Crippen molar-refractivity contribution in [3.63, 3.8) is 0 Å². The molecule has 1 unspecified atom stereocenters. The molecule has 0 amide bonds. The summed E-state index contributed by atoms with van der Waals surface area (Å²) >= 11 is 8.43. The van der Waals surface area contributed by atoms with E-state index in [9.17, 15) is 0 Å². The average Bonchev–Trinajstić information content (AvgIpc) is 2.94. The van der Waals surface area contributed by atoms with E-state index in [1.165, 1.54) is 16.7 Å². The lowest BCUT2D eigenvalue weighted by Crippen LogP contribution is -2.02. The fraction of sp³-hybridized carbons (Fsp3) is 0.263. The van der Waals surface area contributed by atoms with E-state index in [1.807, 2.05) is 42.2 Å². The normalized spacial score (nSPS) is 16.8. The van der Waals surface area contributed by atoms with Crippen LogP contribution >= 0.6 is 23.4 Å². The lowest BCUT2D eigenvalue weighted by atomic mass is 10.0. The van der Waals surface area contributed by atoms with Gasteiger partial charge < -0.3 is 5.32 Å². The van der Waals surface area contributed by atoms with E-state index in [4.69, 9.17) is 11.6 Å². The van der Waals surface area contributed by atoms with Gasteiger partial charge in [-0.25, -0.2) is 0 Å². The van der Waals surface area contributed by atoms with Gasteiger partial charge >= 0.3 is 0 Å². The molecule has 2 aromatic heterocycles. The van der Waals surface area contributed by atoms with Crippen LogP contribution in [-0.4, -0.2) is 27.5 Å². The van der Waals surface area contributed by atoms with Gasteiger partial charge in [-0.3, -0.25) is 10.1 Å². The van der Waals surface area contributed by atoms with Gasteiger partial charge in [0.15, 0.2) is 5.82 Å². The summed E-state index contributed by atoms with van der Waals surface area (Å²) in [5.74, 6) is 1.96. The number of H-pyrrole nitrogens is 1. The molecule has 0 spiro atoms. The second-order valence-electron chi connectivity index (χ2n) is 6.16. The Hall–Kier alpha value is -1.98. The molecule has 0 radical (unpaired) electrons. The standard InChI is InChI=1S/C19H19ClN4S/c1-12-5-6-13(14(20)10-12)11-16-17-18(15-4-2-3-7-21-15)23-24-19(17)22-8-9-25-16/h2-7,10,16H,8-9,11H2,1H3,(H2,22,23,24). The molecule has 1 atom stereocenters. The molecule has 0 fully saturated rings. The number of thioether (sulfide) groups is 1. The largest absolute Gasteiger partial charge is 0.367 e. The number of anilines is 1. The number of hydrogen-bond donors (Lipinski definition) is 2. The molecule has 2 N–H and O–H groups in total. The summed E-state index contributed by atoms with van der Waals surface area (Å²) in [5, 5.41) is 12.2. The van der Waals surface area contributed by atoms with Crippen LogP contribution in [0.2, 0.25) is 5.02 Å². The highest BCUT2D eigenvalue weighted by atomic mass is 35.5. The molecule has 128 valence electrons. The molecule has 25 heavy (non-hydrogen) atoms. The van der Waals surface area contributed by atoms with Crippen molar-refractivity contribution >= 4 is 29.2 Å². The third-order valence-electron chi connectivity index (χ3n) is 4.37. The van der Waals surface area contributed by atoms with Gasteiger partial charge in [0.25, 0.3) is 0 Å². The fourth-order valence-corrected chi connectivity index (χ4v) is 4.65. The van der Waals surface area contributed by atoms with E-state index in [0.29, 0.717) is 0 Å². The number of fused-ring (bicyclic) bond motifs is 1. The van der Waals surface area contributed by atoms with E-state index in [2.05, 4.69) is 39.6 Å². The predicted octanol–water partition coefficient (Wildman–Crippen LogP) is 4.88. The van der Waals surface area contributed by atoms with Gasteiger partial charge in [0.2, 0.25) is 0 Å². The zero-order valence-corrected chi connectivity index (χ0v) is 15.5. The summed E-state index contributed by atoms with van der Waals surface area (Å²) in [6.45, 7) is 2.97. The number of nitrogens with one attached hydrogen (secondary N) is 2. The number of pyridine rings is 1. The molecule has 1 aliphatic heterocycles. The van der Waals surface area contributed by atoms with Crippen molar-refractivity contribution in [2.45, 2.75) is 18.6 Å². The predicted molar refractivity (Wildman–Crippen MR) is 105 cm³/mol.